The Kier molecular flexibility index (Phi) is 4.33. The number of rotatable bonds is 6. The fraction of sp³-hybridized carbons (Fsp3) is 0.600. The minimum Gasteiger partial charge on any atom is -0.481 e. The van der Waals surface area contributed by atoms with Crippen LogP contribution in [0, 0.1) is 5.41 Å². The number of ketones is 3. The molecular formula is C10H14O5. The Bertz CT molecular complexity index is 302. The van der Waals surface area contributed by atoms with Crippen LogP contribution >= 0.6 is 0 Å². The summed E-state index contributed by atoms with van der Waals surface area (Å²) in [7, 11) is 0. The molecule has 0 aliphatic rings. The smallest absolute Gasteiger partial charge is 0.310 e. The minimum atomic E-state index is -1.77. The number of carboxylic acid groups (broad SMARTS) is 1. The Morgan fingerprint density at radius 2 is 1.47 bits per heavy atom. The predicted molar refractivity (Wildman–Crippen MR) is 51.3 cm³/mol. The molecule has 0 aromatic carbocycles. The van der Waals surface area contributed by atoms with Crippen molar-refractivity contribution in [3.63, 3.8) is 0 Å². The summed E-state index contributed by atoms with van der Waals surface area (Å²) in [6.07, 6.45) is -0.795. The molecule has 0 saturated carbocycles. The van der Waals surface area contributed by atoms with E-state index >= 15 is 0 Å². The molecule has 0 bridgehead atoms. The molecule has 5 heteroatoms. The van der Waals surface area contributed by atoms with Gasteiger partial charge in [-0.15, -0.1) is 0 Å². The van der Waals surface area contributed by atoms with Crippen molar-refractivity contribution in [2.75, 3.05) is 0 Å². The molecule has 0 aromatic rings. The molecule has 0 fully saturated rings. The zero-order valence-corrected chi connectivity index (χ0v) is 8.99. The van der Waals surface area contributed by atoms with Crippen LogP contribution in [0.3, 0.4) is 0 Å². The summed E-state index contributed by atoms with van der Waals surface area (Å²) in [5.41, 5.74) is -1.77. The highest BCUT2D eigenvalue weighted by Crippen LogP contribution is 2.27. The summed E-state index contributed by atoms with van der Waals surface area (Å²) in [6.45, 7) is 3.78. The summed E-state index contributed by atoms with van der Waals surface area (Å²) >= 11 is 0. The Morgan fingerprint density at radius 3 is 1.67 bits per heavy atom. The maximum atomic E-state index is 11.6. The van der Waals surface area contributed by atoms with Gasteiger partial charge in [0.05, 0.1) is 0 Å². The molecule has 0 radical (unpaired) electrons. The van der Waals surface area contributed by atoms with Crippen molar-refractivity contribution in [3.8, 4) is 0 Å². The van der Waals surface area contributed by atoms with E-state index in [2.05, 4.69) is 0 Å². The largest absolute Gasteiger partial charge is 0.481 e. The van der Waals surface area contributed by atoms with E-state index in [1.165, 1.54) is 6.92 Å². The first-order valence-electron chi connectivity index (χ1n) is 4.56. The van der Waals surface area contributed by atoms with Crippen molar-refractivity contribution >= 4 is 23.3 Å². The van der Waals surface area contributed by atoms with E-state index in [9.17, 15) is 19.2 Å². The van der Waals surface area contributed by atoms with Gasteiger partial charge in [-0.3, -0.25) is 19.2 Å². The normalized spacial score (nSPS) is 10.9. The van der Waals surface area contributed by atoms with Crippen LogP contribution in [0.5, 0.6) is 0 Å². The first-order chi connectivity index (χ1) is 6.78. The van der Waals surface area contributed by atoms with Gasteiger partial charge in [-0.05, 0) is 20.3 Å². The lowest BCUT2D eigenvalue weighted by atomic mass is 9.73. The van der Waals surface area contributed by atoms with Gasteiger partial charge in [-0.1, -0.05) is 6.92 Å². The Balaban J connectivity index is 5.26. The molecule has 5 nitrogen and oxygen atoms in total. The van der Waals surface area contributed by atoms with Crippen LogP contribution in [0.4, 0.5) is 0 Å². The molecule has 0 amide bonds. The van der Waals surface area contributed by atoms with Crippen LogP contribution in [0.1, 0.15) is 33.6 Å². The molecule has 15 heavy (non-hydrogen) atoms. The molecule has 0 spiro atoms. The standard InChI is InChI=1S/C10H14O5/c1-4-10(6(2)11,7(3)12)8(13)5-9(14)15/h4-5H2,1-3H3,(H,14,15). The minimum absolute atomic E-state index is 0.00375. The summed E-state index contributed by atoms with van der Waals surface area (Å²) in [6, 6.07) is 0. The van der Waals surface area contributed by atoms with Crippen LogP contribution in [-0.2, 0) is 19.2 Å². The fourth-order valence-corrected chi connectivity index (χ4v) is 1.62. The molecule has 0 rings (SSSR count). The molecule has 84 valence electrons. The second-order valence-corrected chi connectivity index (χ2v) is 3.36. The van der Waals surface area contributed by atoms with Crippen molar-refractivity contribution in [1.29, 1.82) is 0 Å². The van der Waals surface area contributed by atoms with E-state index in [0.717, 1.165) is 13.8 Å². The highest BCUT2D eigenvalue weighted by molar-refractivity contribution is 6.25. The van der Waals surface area contributed by atoms with E-state index < -0.39 is 35.2 Å². The zero-order valence-electron chi connectivity index (χ0n) is 8.99. The lowest BCUT2D eigenvalue weighted by Gasteiger charge is -2.24. The highest BCUT2D eigenvalue weighted by atomic mass is 16.4. The van der Waals surface area contributed by atoms with Gasteiger partial charge in [0.15, 0.2) is 17.3 Å². The fourth-order valence-electron chi connectivity index (χ4n) is 1.62. The number of hydrogen-bond donors (Lipinski definition) is 1. The molecule has 0 aliphatic carbocycles. The lowest BCUT2D eigenvalue weighted by Crippen LogP contribution is -2.44. The second kappa shape index (κ2) is 4.82. The molecule has 0 atom stereocenters. The van der Waals surface area contributed by atoms with E-state index in [4.69, 9.17) is 5.11 Å². The van der Waals surface area contributed by atoms with E-state index in [1.807, 2.05) is 0 Å². The van der Waals surface area contributed by atoms with Crippen molar-refractivity contribution in [1.82, 2.24) is 0 Å². The van der Waals surface area contributed by atoms with Crippen LogP contribution < -0.4 is 0 Å². The SMILES string of the molecule is CCC(C(C)=O)(C(C)=O)C(=O)CC(=O)O. The Labute approximate surface area is 87.5 Å². The van der Waals surface area contributed by atoms with E-state index in [1.54, 1.807) is 0 Å². The van der Waals surface area contributed by atoms with Gasteiger partial charge >= 0.3 is 5.97 Å². The average Bonchev–Trinajstić information content (AvgIpc) is 2.02. The van der Waals surface area contributed by atoms with Crippen LogP contribution in [0.15, 0.2) is 0 Å². The van der Waals surface area contributed by atoms with E-state index in [-0.39, 0.29) is 6.42 Å². The Hall–Kier alpha value is -1.52. The maximum absolute atomic E-state index is 11.6. The molecule has 0 heterocycles. The summed E-state index contributed by atoms with van der Waals surface area (Å²) in [5.74, 6) is -3.36. The second-order valence-electron chi connectivity index (χ2n) is 3.36. The maximum Gasteiger partial charge on any atom is 0.310 e. The summed E-state index contributed by atoms with van der Waals surface area (Å²) in [5, 5.41) is 8.46. The number of carboxylic acids is 1. The average molecular weight is 214 g/mol. The van der Waals surface area contributed by atoms with Crippen LogP contribution in [0.25, 0.3) is 0 Å². The lowest BCUT2D eigenvalue weighted by molar-refractivity contribution is -0.150. The first kappa shape index (κ1) is 13.5. The molecule has 0 saturated heterocycles. The molecule has 0 unspecified atom stereocenters. The molecule has 0 aromatic heterocycles. The Morgan fingerprint density at radius 1 is 1.07 bits per heavy atom. The topological polar surface area (TPSA) is 88.5 Å². The highest BCUT2D eigenvalue weighted by Gasteiger charge is 2.46. The van der Waals surface area contributed by atoms with Gasteiger partial charge in [0.25, 0.3) is 0 Å². The monoisotopic (exact) mass is 214 g/mol. The zero-order chi connectivity index (χ0) is 12.2. The van der Waals surface area contributed by atoms with Gasteiger partial charge in [-0.2, -0.15) is 0 Å². The summed E-state index contributed by atoms with van der Waals surface area (Å²) in [4.78, 5) is 44.6. The van der Waals surface area contributed by atoms with Gasteiger partial charge in [0, 0.05) is 0 Å². The number of hydrogen-bond acceptors (Lipinski definition) is 4. The van der Waals surface area contributed by atoms with Gasteiger partial charge in [0.2, 0.25) is 0 Å². The first-order valence-corrected chi connectivity index (χ1v) is 4.56. The summed E-state index contributed by atoms with van der Waals surface area (Å²) < 4.78 is 0. The third-order valence-electron chi connectivity index (χ3n) is 2.52. The number of aliphatic carboxylic acids is 1. The van der Waals surface area contributed by atoms with Crippen LogP contribution in [0.2, 0.25) is 0 Å². The third kappa shape index (κ3) is 2.49. The molecular weight excluding hydrogens is 200 g/mol. The van der Waals surface area contributed by atoms with Gasteiger partial charge in [-0.25, -0.2) is 0 Å². The molecule has 0 aliphatic heterocycles. The van der Waals surface area contributed by atoms with Crippen LogP contribution in [-0.4, -0.2) is 28.4 Å². The predicted octanol–water partition coefficient (Wildman–Crippen LogP) is 0.605. The van der Waals surface area contributed by atoms with Crippen molar-refractivity contribution < 1.29 is 24.3 Å². The molecule has 1 N–H and O–H groups in total. The van der Waals surface area contributed by atoms with E-state index in [0.29, 0.717) is 0 Å². The number of carbonyl (C=O) groups is 4. The number of Topliss-reactive ketones (excluding diaryl/α,β-unsaturated/α-hetero) is 3. The van der Waals surface area contributed by atoms with Gasteiger partial charge in [0.1, 0.15) is 11.8 Å². The van der Waals surface area contributed by atoms with Crippen molar-refractivity contribution in [2.24, 2.45) is 5.41 Å². The quantitative estimate of drug-likeness (QED) is 0.654. The third-order valence-corrected chi connectivity index (χ3v) is 2.52. The number of carbonyl (C=O) groups excluding carboxylic acids is 3. The van der Waals surface area contributed by atoms with Crippen molar-refractivity contribution in [3.05, 3.63) is 0 Å². The van der Waals surface area contributed by atoms with Crippen molar-refractivity contribution in [2.45, 2.75) is 33.6 Å². The van der Waals surface area contributed by atoms with Gasteiger partial charge < -0.3 is 5.11 Å².